The summed E-state index contributed by atoms with van der Waals surface area (Å²) in [6.45, 7) is 0.378. The number of carbonyl (C=O) groups is 2. The minimum Gasteiger partial charge on any atom is -0.353 e. The summed E-state index contributed by atoms with van der Waals surface area (Å²) in [6, 6.07) is 6.08. The molecule has 0 spiro atoms. The van der Waals surface area contributed by atoms with E-state index >= 15 is 0 Å². The standard InChI is InChI=1S/C17H21FN2O2/c18-13-6-8-15(9-7-13)20-11-12(10-16(20)21)17(22)19-14-4-2-1-3-5-14/h6-9,12,14H,1-5,10-11H2,(H,19,22)/t12-/m0/s1. The average molecular weight is 304 g/mol. The van der Waals surface area contributed by atoms with Crippen LogP contribution in [-0.2, 0) is 9.59 Å². The molecule has 0 bridgehead atoms. The zero-order valence-electron chi connectivity index (χ0n) is 12.6. The summed E-state index contributed by atoms with van der Waals surface area (Å²) in [6.07, 6.45) is 5.87. The van der Waals surface area contributed by atoms with Gasteiger partial charge in [0.25, 0.3) is 0 Å². The summed E-state index contributed by atoms with van der Waals surface area (Å²) in [5.41, 5.74) is 0.652. The van der Waals surface area contributed by atoms with Gasteiger partial charge in [-0.3, -0.25) is 9.59 Å². The van der Waals surface area contributed by atoms with Gasteiger partial charge >= 0.3 is 0 Å². The van der Waals surface area contributed by atoms with Crippen molar-refractivity contribution in [3.8, 4) is 0 Å². The number of hydrogen-bond acceptors (Lipinski definition) is 2. The van der Waals surface area contributed by atoms with Gasteiger partial charge in [-0.15, -0.1) is 0 Å². The van der Waals surface area contributed by atoms with Crippen LogP contribution >= 0.6 is 0 Å². The number of rotatable bonds is 3. The number of hydrogen-bond donors (Lipinski definition) is 1. The first-order chi connectivity index (χ1) is 10.6. The van der Waals surface area contributed by atoms with Crippen molar-refractivity contribution in [1.29, 1.82) is 0 Å². The Bertz CT molecular complexity index is 552. The number of amides is 2. The molecule has 5 heteroatoms. The number of halogens is 1. The lowest BCUT2D eigenvalue weighted by atomic mass is 9.95. The molecule has 1 aliphatic carbocycles. The van der Waals surface area contributed by atoms with Gasteiger partial charge < -0.3 is 10.2 Å². The van der Waals surface area contributed by atoms with Crippen molar-refractivity contribution in [1.82, 2.24) is 5.32 Å². The fraction of sp³-hybridized carbons (Fsp3) is 0.529. The van der Waals surface area contributed by atoms with Crippen LogP contribution in [0.15, 0.2) is 24.3 Å². The molecule has 2 aliphatic rings. The third-order valence-corrected chi connectivity index (χ3v) is 4.59. The van der Waals surface area contributed by atoms with E-state index in [0.29, 0.717) is 12.2 Å². The van der Waals surface area contributed by atoms with Crippen LogP contribution < -0.4 is 10.2 Å². The minimum absolute atomic E-state index is 0.0233. The molecule has 1 heterocycles. The Morgan fingerprint density at radius 2 is 1.82 bits per heavy atom. The minimum atomic E-state index is -0.331. The van der Waals surface area contributed by atoms with Gasteiger partial charge in [0.1, 0.15) is 5.82 Å². The van der Waals surface area contributed by atoms with Gasteiger partial charge in [-0.25, -0.2) is 4.39 Å². The molecule has 4 nitrogen and oxygen atoms in total. The zero-order chi connectivity index (χ0) is 15.5. The quantitative estimate of drug-likeness (QED) is 0.933. The maximum atomic E-state index is 13.0. The Balaban J connectivity index is 1.61. The van der Waals surface area contributed by atoms with E-state index in [1.165, 1.54) is 18.6 Å². The second-order valence-electron chi connectivity index (χ2n) is 6.23. The third kappa shape index (κ3) is 3.29. The highest BCUT2D eigenvalue weighted by atomic mass is 19.1. The molecular weight excluding hydrogens is 283 g/mol. The monoisotopic (exact) mass is 304 g/mol. The maximum absolute atomic E-state index is 13.0. The van der Waals surface area contributed by atoms with Gasteiger partial charge in [0.05, 0.1) is 5.92 Å². The van der Waals surface area contributed by atoms with E-state index in [9.17, 15) is 14.0 Å². The molecule has 1 aromatic rings. The summed E-state index contributed by atoms with van der Waals surface area (Å²) in [4.78, 5) is 26.0. The molecule has 0 aromatic heterocycles. The van der Waals surface area contributed by atoms with E-state index in [4.69, 9.17) is 0 Å². The molecule has 1 saturated carbocycles. The first-order valence-electron chi connectivity index (χ1n) is 8.00. The summed E-state index contributed by atoms with van der Waals surface area (Å²) in [5.74, 6) is -0.735. The lowest BCUT2D eigenvalue weighted by Gasteiger charge is -2.24. The molecule has 1 N–H and O–H groups in total. The predicted octanol–water partition coefficient (Wildman–Crippen LogP) is 2.63. The van der Waals surface area contributed by atoms with E-state index in [1.807, 2.05) is 0 Å². The fourth-order valence-electron chi connectivity index (χ4n) is 3.32. The molecule has 2 fully saturated rings. The molecule has 1 atom stereocenters. The Hall–Kier alpha value is -1.91. The van der Waals surface area contributed by atoms with Crippen LogP contribution in [0.3, 0.4) is 0 Å². The second-order valence-corrected chi connectivity index (χ2v) is 6.23. The van der Waals surface area contributed by atoms with E-state index in [-0.39, 0.29) is 36.0 Å². The van der Waals surface area contributed by atoms with Crippen molar-refractivity contribution in [3.63, 3.8) is 0 Å². The average Bonchev–Trinajstić information content (AvgIpc) is 2.91. The van der Waals surface area contributed by atoms with Crippen molar-refractivity contribution in [2.45, 2.75) is 44.6 Å². The molecule has 1 saturated heterocycles. The van der Waals surface area contributed by atoms with Gasteiger partial charge in [-0.1, -0.05) is 19.3 Å². The van der Waals surface area contributed by atoms with Crippen LogP contribution in [0.1, 0.15) is 38.5 Å². The van der Waals surface area contributed by atoms with Crippen molar-refractivity contribution >= 4 is 17.5 Å². The highest BCUT2D eigenvalue weighted by Crippen LogP contribution is 2.26. The summed E-state index contributed by atoms with van der Waals surface area (Å²) >= 11 is 0. The number of carbonyl (C=O) groups excluding carboxylic acids is 2. The molecule has 2 amide bonds. The van der Waals surface area contributed by atoms with E-state index < -0.39 is 0 Å². The van der Waals surface area contributed by atoms with Gasteiger partial charge in [-0.05, 0) is 37.1 Å². The third-order valence-electron chi connectivity index (χ3n) is 4.59. The first kappa shape index (κ1) is 15.0. The maximum Gasteiger partial charge on any atom is 0.227 e. The number of nitrogens with one attached hydrogen (secondary N) is 1. The van der Waals surface area contributed by atoms with Gasteiger partial charge in [0.2, 0.25) is 11.8 Å². The highest BCUT2D eigenvalue weighted by Gasteiger charge is 2.35. The van der Waals surface area contributed by atoms with Gasteiger partial charge in [0.15, 0.2) is 0 Å². The predicted molar refractivity (Wildman–Crippen MR) is 81.9 cm³/mol. The van der Waals surface area contributed by atoms with Gasteiger partial charge in [-0.2, -0.15) is 0 Å². The van der Waals surface area contributed by atoms with E-state index in [2.05, 4.69) is 5.32 Å². The van der Waals surface area contributed by atoms with Crippen LogP contribution in [0.25, 0.3) is 0 Å². The number of anilines is 1. The first-order valence-corrected chi connectivity index (χ1v) is 8.00. The second kappa shape index (κ2) is 6.46. The molecule has 1 aliphatic heterocycles. The molecule has 0 radical (unpaired) electrons. The van der Waals surface area contributed by atoms with Crippen molar-refractivity contribution in [3.05, 3.63) is 30.1 Å². The normalized spacial score (nSPS) is 22.9. The van der Waals surface area contributed by atoms with Crippen LogP contribution in [0, 0.1) is 11.7 Å². The van der Waals surface area contributed by atoms with Crippen molar-refractivity contribution in [2.75, 3.05) is 11.4 Å². The zero-order valence-corrected chi connectivity index (χ0v) is 12.6. The van der Waals surface area contributed by atoms with Crippen LogP contribution in [0.5, 0.6) is 0 Å². The lowest BCUT2D eigenvalue weighted by molar-refractivity contribution is -0.127. The summed E-state index contributed by atoms with van der Waals surface area (Å²) in [5, 5.41) is 3.08. The smallest absolute Gasteiger partial charge is 0.227 e. The molecular formula is C17H21FN2O2. The summed E-state index contributed by atoms with van der Waals surface area (Å²) < 4.78 is 13.0. The molecule has 118 valence electrons. The Morgan fingerprint density at radius 3 is 2.50 bits per heavy atom. The van der Waals surface area contributed by atoms with Crippen LogP contribution in [0.4, 0.5) is 10.1 Å². The Kier molecular flexibility index (Phi) is 4.41. The number of benzene rings is 1. The SMILES string of the molecule is O=C(NC1CCCCC1)[C@H]1CC(=O)N(c2ccc(F)cc2)C1. The molecule has 0 unspecified atom stereocenters. The highest BCUT2D eigenvalue weighted by molar-refractivity contribution is 6.00. The van der Waals surface area contributed by atoms with Crippen molar-refractivity contribution in [2.24, 2.45) is 5.92 Å². The fourth-order valence-corrected chi connectivity index (χ4v) is 3.32. The van der Waals surface area contributed by atoms with Crippen LogP contribution in [0.2, 0.25) is 0 Å². The van der Waals surface area contributed by atoms with Crippen LogP contribution in [-0.4, -0.2) is 24.4 Å². The Labute approximate surface area is 129 Å². The Morgan fingerprint density at radius 1 is 1.14 bits per heavy atom. The molecule has 3 rings (SSSR count). The topological polar surface area (TPSA) is 49.4 Å². The van der Waals surface area contributed by atoms with Gasteiger partial charge in [0, 0.05) is 24.7 Å². The summed E-state index contributed by atoms with van der Waals surface area (Å²) in [7, 11) is 0. The largest absolute Gasteiger partial charge is 0.353 e. The van der Waals surface area contributed by atoms with E-state index in [1.54, 1.807) is 17.0 Å². The molecule has 22 heavy (non-hydrogen) atoms. The van der Waals surface area contributed by atoms with Crippen molar-refractivity contribution < 1.29 is 14.0 Å². The number of nitrogens with zero attached hydrogens (tertiary/aromatic N) is 1. The van der Waals surface area contributed by atoms with E-state index in [0.717, 1.165) is 25.7 Å². The molecule has 1 aromatic carbocycles. The lowest BCUT2D eigenvalue weighted by Crippen LogP contribution is -2.40.